The van der Waals surface area contributed by atoms with Crippen molar-refractivity contribution in [2.24, 2.45) is 0 Å². The molecular weight excluding hydrogens is 272 g/mol. The number of nitrogens with one attached hydrogen (secondary N) is 1. The molecule has 0 radical (unpaired) electrons. The second-order valence-corrected chi connectivity index (χ2v) is 7.02. The SMILES string of the molecule is CSC1CCCC(n2c(=S)[nH]c3ccc(C)cc32)C1. The zero-order chi connectivity index (χ0) is 13.4. The minimum atomic E-state index is 0.564. The lowest BCUT2D eigenvalue weighted by Crippen LogP contribution is -2.20. The molecule has 2 nitrogen and oxygen atoms in total. The van der Waals surface area contributed by atoms with Crippen molar-refractivity contribution >= 4 is 35.0 Å². The van der Waals surface area contributed by atoms with Crippen LogP contribution in [-0.4, -0.2) is 21.1 Å². The lowest BCUT2D eigenvalue weighted by Gasteiger charge is -2.29. The largest absolute Gasteiger partial charge is 0.331 e. The molecule has 0 amide bonds. The van der Waals surface area contributed by atoms with Gasteiger partial charge < -0.3 is 9.55 Å². The second-order valence-electron chi connectivity index (χ2n) is 5.50. The van der Waals surface area contributed by atoms with Gasteiger partial charge in [0.2, 0.25) is 0 Å². The maximum atomic E-state index is 5.55. The minimum Gasteiger partial charge on any atom is -0.331 e. The fourth-order valence-electron chi connectivity index (χ4n) is 3.16. The van der Waals surface area contributed by atoms with Crippen LogP contribution in [0.25, 0.3) is 11.0 Å². The van der Waals surface area contributed by atoms with E-state index >= 15 is 0 Å². The third kappa shape index (κ3) is 2.48. The Balaban J connectivity index is 2.06. The summed E-state index contributed by atoms with van der Waals surface area (Å²) in [7, 11) is 0. The normalized spacial score (nSPS) is 23.9. The highest BCUT2D eigenvalue weighted by atomic mass is 32.2. The van der Waals surface area contributed by atoms with Crippen LogP contribution in [0.3, 0.4) is 0 Å². The van der Waals surface area contributed by atoms with Crippen LogP contribution in [0.2, 0.25) is 0 Å². The minimum absolute atomic E-state index is 0.564. The molecule has 1 fully saturated rings. The number of aromatic nitrogens is 2. The molecule has 2 atom stereocenters. The van der Waals surface area contributed by atoms with Gasteiger partial charge in [0.15, 0.2) is 4.77 Å². The van der Waals surface area contributed by atoms with E-state index in [2.05, 4.69) is 40.9 Å². The first-order valence-electron chi connectivity index (χ1n) is 6.92. The fraction of sp³-hybridized carbons (Fsp3) is 0.533. The van der Waals surface area contributed by atoms with Crippen molar-refractivity contribution in [3.05, 3.63) is 28.5 Å². The number of nitrogens with zero attached hydrogens (tertiary/aromatic N) is 1. The zero-order valence-corrected chi connectivity index (χ0v) is 13.1. The van der Waals surface area contributed by atoms with E-state index in [1.165, 1.54) is 42.3 Å². The Bertz CT molecular complexity index is 641. The standard InChI is InChI=1S/C15H20N2S2/c1-10-6-7-13-14(8-10)17(15(18)16-13)11-4-3-5-12(9-11)19-2/h6-8,11-12H,3-5,9H2,1-2H3,(H,16,18). The van der Waals surface area contributed by atoms with Gasteiger partial charge in [0.1, 0.15) is 0 Å². The maximum Gasteiger partial charge on any atom is 0.178 e. The summed E-state index contributed by atoms with van der Waals surface area (Å²) in [5.41, 5.74) is 3.74. The summed E-state index contributed by atoms with van der Waals surface area (Å²) in [4.78, 5) is 3.36. The number of fused-ring (bicyclic) bond motifs is 1. The van der Waals surface area contributed by atoms with Crippen LogP contribution in [0.4, 0.5) is 0 Å². The number of aryl methyl sites for hydroxylation is 1. The van der Waals surface area contributed by atoms with E-state index in [4.69, 9.17) is 12.2 Å². The number of hydrogen-bond acceptors (Lipinski definition) is 2. The molecule has 0 bridgehead atoms. The fourth-order valence-corrected chi connectivity index (χ4v) is 4.34. The van der Waals surface area contributed by atoms with Crippen LogP contribution in [0.15, 0.2) is 18.2 Å². The average Bonchev–Trinajstić information content (AvgIpc) is 2.74. The maximum absolute atomic E-state index is 5.55. The van der Waals surface area contributed by atoms with E-state index in [0.717, 1.165) is 10.0 Å². The summed E-state index contributed by atoms with van der Waals surface area (Å²) in [6, 6.07) is 7.11. The van der Waals surface area contributed by atoms with E-state index in [1.807, 2.05) is 11.8 Å². The molecule has 4 heteroatoms. The van der Waals surface area contributed by atoms with E-state index in [0.29, 0.717) is 6.04 Å². The number of H-pyrrole nitrogens is 1. The molecule has 19 heavy (non-hydrogen) atoms. The summed E-state index contributed by atoms with van der Waals surface area (Å²) in [5.74, 6) is 0. The van der Waals surface area contributed by atoms with Gasteiger partial charge in [-0.3, -0.25) is 0 Å². The lowest BCUT2D eigenvalue weighted by molar-refractivity contribution is 0.365. The van der Waals surface area contributed by atoms with Gasteiger partial charge in [-0.25, -0.2) is 0 Å². The molecule has 1 aromatic carbocycles. The summed E-state index contributed by atoms with van der Waals surface area (Å²) in [6.07, 6.45) is 7.40. The third-order valence-electron chi connectivity index (χ3n) is 4.17. The van der Waals surface area contributed by atoms with Crippen LogP contribution < -0.4 is 0 Å². The zero-order valence-electron chi connectivity index (χ0n) is 11.5. The predicted molar refractivity (Wildman–Crippen MR) is 86.7 cm³/mol. The number of benzene rings is 1. The highest BCUT2D eigenvalue weighted by Gasteiger charge is 2.24. The molecule has 102 valence electrons. The number of hydrogen-bond donors (Lipinski definition) is 1. The van der Waals surface area contributed by atoms with Crippen LogP contribution in [0.1, 0.15) is 37.3 Å². The average molecular weight is 292 g/mol. The van der Waals surface area contributed by atoms with Crippen molar-refractivity contribution < 1.29 is 0 Å². The molecule has 1 aromatic heterocycles. The van der Waals surface area contributed by atoms with Gasteiger partial charge in [-0.05, 0) is 62.4 Å². The number of imidazole rings is 1. The third-order valence-corrected chi connectivity index (χ3v) is 5.56. The molecule has 2 unspecified atom stereocenters. The van der Waals surface area contributed by atoms with Gasteiger partial charge in [0.25, 0.3) is 0 Å². The first kappa shape index (κ1) is 13.3. The number of rotatable bonds is 2. The quantitative estimate of drug-likeness (QED) is 0.798. The summed E-state index contributed by atoms with van der Waals surface area (Å²) < 4.78 is 3.24. The Labute approximate surface area is 123 Å². The smallest absolute Gasteiger partial charge is 0.178 e. The van der Waals surface area contributed by atoms with Crippen molar-refractivity contribution in [3.63, 3.8) is 0 Å². The molecule has 1 aliphatic rings. The molecule has 2 aromatic rings. The van der Waals surface area contributed by atoms with Gasteiger partial charge in [-0.15, -0.1) is 0 Å². The van der Waals surface area contributed by atoms with Crippen molar-refractivity contribution in [2.45, 2.75) is 43.9 Å². The molecule has 0 saturated heterocycles. The highest BCUT2D eigenvalue weighted by molar-refractivity contribution is 7.99. The van der Waals surface area contributed by atoms with Crippen molar-refractivity contribution in [1.29, 1.82) is 0 Å². The van der Waals surface area contributed by atoms with Crippen LogP contribution in [0.5, 0.6) is 0 Å². The van der Waals surface area contributed by atoms with Gasteiger partial charge in [-0.2, -0.15) is 11.8 Å². The van der Waals surface area contributed by atoms with Crippen molar-refractivity contribution in [1.82, 2.24) is 9.55 Å². The van der Waals surface area contributed by atoms with Gasteiger partial charge >= 0.3 is 0 Å². The first-order chi connectivity index (χ1) is 9.19. The predicted octanol–water partition coefficient (Wildman–Crippen LogP) is 4.85. The van der Waals surface area contributed by atoms with E-state index in [9.17, 15) is 0 Å². The molecular formula is C15H20N2S2. The second kappa shape index (κ2) is 5.33. The van der Waals surface area contributed by atoms with Crippen LogP contribution >= 0.6 is 24.0 Å². The molecule has 1 N–H and O–H groups in total. The first-order valence-corrected chi connectivity index (χ1v) is 8.62. The number of thioether (sulfide) groups is 1. The topological polar surface area (TPSA) is 20.7 Å². The van der Waals surface area contributed by atoms with Crippen molar-refractivity contribution in [2.75, 3.05) is 6.26 Å². The molecule has 1 aliphatic carbocycles. The Morgan fingerprint density at radius 1 is 1.37 bits per heavy atom. The number of aromatic amines is 1. The van der Waals surface area contributed by atoms with E-state index in [-0.39, 0.29) is 0 Å². The summed E-state index contributed by atoms with van der Waals surface area (Å²) >= 11 is 7.56. The Morgan fingerprint density at radius 3 is 3.00 bits per heavy atom. The Hall–Kier alpha value is -0.740. The monoisotopic (exact) mass is 292 g/mol. The summed E-state index contributed by atoms with van der Waals surface area (Å²) in [5, 5.41) is 0.787. The van der Waals surface area contributed by atoms with Gasteiger partial charge in [0, 0.05) is 11.3 Å². The Morgan fingerprint density at radius 2 is 2.21 bits per heavy atom. The van der Waals surface area contributed by atoms with Crippen LogP contribution in [0, 0.1) is 11.7 Å². The molecule has 3 rings (SSSR count). The highest BCUT2D eigenvalue weighted by Crippen LogP contribution is 2.36. The van der Waals surface area contributed by atoms with Gasteiger partial charge in [-0.1, -0.05) is 12.5 Å². The lowest BCUT2D eigenvalue weighted by atomic mass is 9.94. The van der Waals surface area contributed by atoms with Crippen LogP contribution in [-0.2, 0) is 0 Å². The summed E-state index contributed by atoms with van der Waals surface area (Å²) in [6.45, 7) is 2.14. The van der Waals surface area contributed by atoms with E-state index < -0.39 is 0 Å². The van der Waals surface area contributed by atoms with Crippen molar-refractivity contribution in [3.8, 4) is 0 Å². The van der Waals surface area contributed by atoms with E-state index in [1.54, 1.807) is 0 Å². The molecule has 1 saturated carbocycles. The Kier molecular flexibility index (Phi) is 3.72. The molecule has 0 spiro atoms. The van der Waals surface area contributed by atoms with Gasteiger partial charge in [0.05, 0.1) is 11.0 Å². The molecule has 0 aliphatic heterocycles. The molecule has 1 heterocycles.